The Morgan fingerprint density at radius 3 is 2.71 bits per heavy atom. The summed E-state index contributed by atoms with van der Waals surface area (Å²) in [4.78, 5) is 4.64. The maximum absolute atomic E-state index is 8.99. The van der Waals surface area contributed by atoms with E-state index in [1.807, 2.05) is 24.3 Å². The number of hydrogen-bond acceptors (Lipinski definition) is 2. The molecule has 1 N–H and O–H groups in total. The lowest BCUT2D eigenvalue weighted by Crippen LogP contribution is -2.00. The molecule has 0 fully saturated rings. The minimum atomic E-state index is 0.166. The summed E-state index contributed by atoms with van der Waals surface area (Å²) < 4.78 is 2.12. The molecule has 0 saturated carbocycles. The fourth-order valence-corrected chi connectivity index (χ4v) is 2.67. The average Bonchev–Trinajstić information content (AvgIpc) is 2.86. The minimum Gasteiger partial charge on any atom is -0.396 e. The van der Waals surface area contributed by atoms with Gasteiger partial charge in [0, 0.05) is 24.8 Å². The van der Waals surface area contributed by atoms with E-state index in [0.29, 0.717) is 11.4 Å². The molecule has 3 rings (SSSR count). The number of rotatable bonds is 4. The van der Waals surface area contributed by atoms with E-state index in [0.717, 1.165) is 34.5 Å². The van der Waals surface area contributed by atoms with Crippen molar-refractivity contribution in [2.45, 2.75) is 19.8 Å². The highest BCUT2D eigenvalue weighted by molar-refractivity contribution is 6.31. The summed E-state index contributed by atoms with van der Waals surface area (Å²) in [5.41, 5.74) is 4.06. The van der Waals surface area contributed by atoms with E-state index in [-0.39, 0.29) is 6.61 Å². The van der Waals surface area contributed by atoms with Gasteiger partial charge in [-0.3, -0.25) is 4.57 Å². The van der Waals surface area contributed by atoms with Gasteiger partial charge >= 0.3 is 0 Å². The van der Waals surface area contributed by atoms with Crippen molar-refractivity contribution >= 4 is 22.6 Å². The fraction of sp³-hybridized carbons (Fsp3) is 0.235. The Morgan fingerprint density at radius 1 is 1.29 bits per heavy atom. The molecule has 1 aromatic heterocycles. The van der Waals surface area contributed by atoms with Gasteiger partial charge in [-0.2, -0.15) is 0 Å². The smallest absolute Gasteiger partial charge is 0.114 e. The van der Waals surface area contributed by atoms with Crippen LogP contribution in [-0.4, -0.2) is 21.3 Å². The molecule has 3 nitrogen and oxygen atoms in total. The Bertz CT molecular complexity index is 762. The third-order valence-electron chi connectivity index (χ3n) is 3.53. The molecule has 0 spiro atoms. The molecule has 3 aromatic rings. The summed E-state index contributed by atoms with van der Waals surface area (Å²) in [6.07, 6.45) is 1.51. The number of fused-ring (bicyclic) bond motifs is 1. The van der Waals surface area contributed by atoms with Gasteiger partial charge in [0.05, 0.1) is 16.1 Å². The number of imidazole rings is 1. The molecule has 0 saturated heterocycles. The largest absolute Gasteiger partial charge is 0.396 e. The molecule has 21 heavy (non-hydrogen) atoms. The topological polar surface area (TPSA) is 38.0 Å². The number of aryl methyl sites for hydroxylation is 1. The lowest BCUT2D eigenvalue weighted by Gasteiger charge is -2.09. The second kappa shape index (κ2) is 5.88. The first-order valence-corrected chi connectivity index (χ1v) is 7.39. The van der Waals surface area contributed by atoms with Gasteiger partial charge in [-0.25, -0.2) is 4.98 Å². The quantitative estimate of drug-likeness (QED) is 0.799. The van der Waals surface area contributed by atoms with Gasteiger partial charge in [0.15, 0.2) is 0 Å². The molecular weight excluding hydrogens is 284 g/mol. The second-order valence-corrected chi connectivity index (χ2v) is 5.32. The maximum atomic E-state index is 8.99. The lowest BCUT2D eigenvalue weighted by molar-refractivity contribution is 0.299. The van der Waals surface area contributed by atoms with E-state index in [1.165, 1.54) is 0 Å². The summed E-state index contributed by atoms with van der Waals surface area (Å²) in [7, 11) is 0. The number of benzene rings is 2. The third kappa shape index (κ3) is 2.67. The van der Waals surface area contributed by atoms with Crippen molar-refractivity contribution in [1.82, 2.24) is 9.55 Å². The molecule has 0 unspecified atom stereocenters. The Morgan fingerprint density at radius 2 is 2.05 bits per heavy atom. The highest BCUT2D eigenvalue weighted by Crippen LogP contribution is 2.24. The number of aliphatic hydroxyl groups excluding tert-OH is 1. The zero-order valence-electron chi connectivity index (χ0n) is 11.8. The Labute approximate surface area is 128 Å². The number of nitrogens with zero attached hydrogens (tertiary/aromatic N) is 2. The van der Waals surface area contributed by atoms with Crippen LogP contribution in [0.1, 0.15) is 18.3 Å². The zero-order chi connectivity index (χ0) is 14.8. The highest BCUT2D eigenvalue weighted by atomic mass is 35.5. The molecule has 0 amide bonds. The summed E-state index contributed by atoms with van der Waals surface area (Å²) in [6, 6.07) is 14.9. The molecule has 107 valence electrons. The molecule has 1 radical (unpaired) electrons. The van der Waals surface area contributed by atoms with E-state index in [9.17, 15) is 0 Å². The van der Waals surface area contributed by atoms with Crippen molar-refractivity contribution in [1.29, 1.82) is 0 Å². The van der Waals surface area contributed by atoms with Crippen molar-refractivity contribution in [2.24, 2.45) is 0 Å². The van der Waals surface area contributed by atoms with E-state index < -0.39 is 0 Å². The average molecular weight is 300 g/mol. The molecule has 1 heterocycles. The van der Waals surface area contributed by atoms with Crippen LogP contribution >= 0.6 is 11.6 Å². The first kappa shape index (κ1) is 14.1. The van der Waals surface area contributed by atoms with Crippen LogP contribution in [0.2, 0.25) is 5.02 Å². The van der Waals surface area contributed by atoms with Crippen LogP contribution in [0.15, 0.2) is 36.4 Å². The molecule has 0 bridgehead atoms. The summed E-state index contributed by atoms with van der Waals surface area (Å²) >= 11 is 6.07. The van der Waals surface area contributed by atoms with Crippen molar-refractivity contribution in [3.8, 4) is 5.69 Å². The number of hydrogen-bond donors (Lipinski definition) is 1. The molecule has 0 atom stereocenters. The fourth-order valence-electron chi connectivity index (χ4n) is 2.51. The Kier molecular flexibility index (Phi) is 3.95. The van der Waals surface area contributed by atoms with E-state index in [1.54, 1.807) is 0 Å². The van der Waals surface area contributed by atoms with Gasteiger partial charge in [0.25, 0.3) is 0 Å². The third-order valence-corrected chi connectivity index (χ3v) is 3.75. The molecule has 4 heteroatoms. The number of aromatic nitrogens is 2. The Balaban J connectivity index is 2.15. The van der Waals surface area contributed by atoms with Gasteiger partial charge in [0.1, 0.15) is 5.82 Å². The molecular formula is C17H16ClN2O. The second-order valence-electron chi connectivity index (χ2n) is 4.91. The van der Waals surface area contributed by atoms with Crippen molar-refractivity contribution < 1.29 is 5.11 Å². The van der Waals surface area contributed by atoms with Crippen LogP contribution < -0.4 is 0 Å². The first-order chi connectivity index (χ1) is 10.2. The van der Waals surface area contributed by atoms with Crippen LogP contribution in [-0.2, 0) is 12.8 Å². The summed E-state index contributed by atoms with van der Waals surface area (Å²) in [5.74, 6) is 0.996. The lowest BCUT2D eigenvalue weighted by atomic mass is 10.1. The molecule has 2 aromatic carbocycles. The van der Waals surface area contributed by atoms with Gasteiger partial charge in [-0.05, 0) is 36.2 Å². The molecule has 0 aliphatic carbocycles. The van der Waals surface area contributed by atoms with Crippen LogP contribution in [0, 0.1) is 6.07 Å². The van der Waals surface area contributed by atoms with Crippen molar-refractivity contribution in [2.75, 3.05) is 6.61 Å². The predicted octanol–water partition coefficient (Wildman–Crippen LogP) is 3.58. The van der Waals surface area contributed by atoms with Crippen LogP contribution in [0.5, 0.6) is 0 Å². The summed E-state index contributed by atoms with van der Waals surface area (Å²) in [5, 5.41) is 9.58. The maximum Gasteiger partial charge on any atom is 0.114 e. The van der Waals surface area contributed by atoms with Gasteiger partial charge in [-0.15, -0.1) is 0 Å². The molecule has 0 aliphatic rings. The standard InChI is InChI=1S/C17H16ClN2O/c1-2-17-19-15-8-5-13(18)11-16(15)20(17)14-6-3-12(4-7-14)9-10-21/h3-4,6-8,11,21H,2,9-10H2,1H3. The number of aliphatic hydroxyl groups is 1. The molecule has 0 aliphatic heterocycles. The minimum absolute atomic E-state index is 0.166. The van der Waals surface area contributed by atoms with E-state index >= 15 is 0 Å². The predicted molar refractivity (Wildman–Crippen MR) is 85.1 cm³/mol. The first-order valence-electron chi connectivity index (χ1n) is 7.01. The van der Waals surface area contributed by atoms with Gasteiger partial charge in [-0.1, -0.05) is 30.7 Å². The van der Waals surface area contributed by atoms with Crippen LogP contribution in [0.25, 0.3) is 16.7 Å². The SMILES string of the molecule is CCc1nc2c[c]c(Cl)cc2n1-c1ccc(CCO)cc1. The number of halogens is 1. The normalized spacial score (nSPS) is 11.2. The van der Waals surface area contributed by atoms with Crippen LogP contribution in [0.3, 0.4) is 0 Å². The van der Waals surface area contributed by atoms with Crippen LogP contribution in [0.4, 0.5) is 0 Å². The summed E-state index contributed by atoms with van der Waals surface area (Å²) in [6.45, 7) is 2.25. The van der Waals surface area contributed by atoms with Crippen molar-refractivity contribution in [3.05, 3.63) is 58.9 Å². The highest BCUT2D eigenvalue weighted by Gasteiger charge is 2.11. The Hall–Kier alpha value is -1.84. The van der Waals surface area contributed by atoms with E-state index in [2.05, 4.69) is 34.7 Å². The van der Waals surface area contributed by atoms with Gasteiger partial charge < -0.3 is 5.11 Å². The van der Waals surface area contributed by atoms with E-state index in [4.69, 9.17) is 16.7 Å². The zero-order valence-corrected chi connectivity index (χ0v) is 12.6. The monoisotopic (exact) mass is 299 g/mol. The van der Waals surface area contributed by atoms with Gasteiger partial charge in [0.2, 0.25) is 0 Å². The van der Waals surface area contributed by atoms with Crippen molar-refractivity contribution in [3.63, 3.8) is 0 Å².